The van der Waals surface area contributed by atoms with E-state index in [1.807, 2.05) is 13.8 Å². The van der Waals surface area contributed by atoms with Gasteiger partial charge in [0.15, 0.2) is 0 Å². The van der Waals surface area contributed by atoms with Gasteiger partial charge in [0.25, 0.3) is 0 Å². The average molecular weight is 350 g/mol. The van der Waals surface area contributed by atoms with Crippen LogP contribution in [0.5, 0.6) is 0 Å². The van der Waals surface area contributed by atoms with Crippen molar-refractivity contribution in [3.63, 3.8) is 0 Å². The highest BCUT2D eigenvalue weighted by Crippen LogP contribution is 2.11. The van der Waals surface area contributed by atoms with Crippen LogP contribution in [-0.4, -0.2) is 33.5 Å². The minimum Gasteiger partial charge on any atom is -0.350 e. The Morgan fingerprint density at radius 2 is 1.77 bits per heavy atom. The number of carbonyl (C=O) groups is 1. The minimum absolute atomic E-state index is 0. The molecule has 0 aromatic heterocycles. The molecule has 0 atom stereocenters. The van der Waals surface area contributed by atoms with E-state index in [9.17, 15) is 13.2 Å². The summed E-state index contributed by atoms with van der Waals surface area (Å²) in [4.78, 5) is 12.0. The Labute approximate surface area is 138 Å². The van der Waals surface area contributed by atoms with E-state index in [1.54, 1.807) is 12.1 Å². The molecule has 0 saturated carbocycles. The molecule has 126 valence electrons. The third-order valence-corrected chi connectivity index (χ3v) is 4.56. The Bertz CT molecular complexity index is 586. The molecular weight excluding hydrogens is 326 g/mol. The lowest BCUT2D eigenvalue weighted by Crippen LogP contribution is -2.48. The monoisotopic (exact) mass is 349 g/mol. The van der Waals surface area contributed by atoms with Gasteiger partial charge in [0, 0.05) is 18.5 Å². The number of aryl methyl sites for hydroxylation is 1. The zero-order valence-electron chi connectivity index (χ0n) is 13.0. The molecule has 0 spiro atoms. The topological polar surface area (TPSA) is 101 Å². The summed E-state index contributed by atoms with van der Waals surface area (Å²) >= 11 is 0. The van der Waals surface area contributed by atoms with Crippen LogP contribution in [0, 0.1) is 0 Å². The van der Waals surface area contributed by atoms with Crippen LogP contribution >= 0.6 is 12.4 Å². The highest BCUT2D eigenvalue weighted by Gasteiger charge is 2.18. The molecule has 6 nitrogen and oxygen atoms in total. The number of nitrogens with two attached hydrogens (primary N) is 1. The molecule has 0 bridgehead atoms. The average Bonchev–Trinajstić information content (AvgIpc) is 2.45. The predicted molar refractivity (Wildman–Crippen MR) is 89.5 cm³/mol. The zero-order chi connectivity index (χ0) is 16.1. The van der Waals surface area contributed by atoms with Gasteiger partial charge in [0.05, 0.1) is 4.90 Å². The number of hydrogen-bond donors (Lipinski definition) is 3. The van der Waals surface area contributed by atoms with Gasteiger partial charge < -0.3 is 11.1 Å². The summed E-state index contributed by atoms with van der Waals surface area (Å²) < 4.78 is 25.4. The van der Waals surface area contributed by atoms with Crippen LogP contribution in [0.1, 0.15) is 25.8 Å². The number of amides is 1. The summed E-state index contributed by atoms with van der Waals surface area (Å²) in [5.41, 5.74) is 6.05. The van der Waals surface area contributed by atoms with Crippen molar-refractivity contribution in [3.05, 3.63) is 29.8 Å². The van der Waals surface area contributed by atoms with E-state index >= 15 is 0 Å². The maximum Gasteiger partial charge on any atom is 0.240 e. The van der Waals surface area contributed by atoms with Crippen LogP contribution in [0.25, 0.3) is 0 Å². The van der Waals surface area contributed by atoms with Gasteiger partial charge in [-0.3, -0.25) is 4.79 Å². The number of halogens is 1. The van der Waals surface area contributed by atoms with Gasteiger partial charge in [-0.1, -0.05) is 12.1 Å². The van der Waals surface area contributed by atoms with E-state index in [2.05, 4.69) is 10.0 Å². The molecule has 0 aliphatic heterocycles. The van der Waals surface area contributed by atoms with Crippen molar-refractivity contribution in [1.82, 2.24) is 10.0 Å². The number of nitrogens with one attached hydrogen (secondary N) is 2. The second kappa shape index (κ2) is 8.47. The first-order chi connectivity index (χ1) is 9.70. The first kappa shape index (κ1) is 20.9. The molecule has 0 unspecified atom stereocenters. The fourth-order valence-corrected chi connectivity index (χ4v) is 2.43. The van der Waals surface area contributed by atoms with Crippen molar-refractivity contribution in [2.24, 2.45) is 5.73 Å². The highest BCUT2D eigenvalue weighted by molar-refractivity contribution is 7.89. The van der Waals surface area contributed by atoms with Crippen LogP contribution in [-0.2, 0) is 21.2 Å². The molecule has 8 heteroatoms. The van der Waals surface area contributed by atoms with Crippen molar-refractivity contribution < 1.29 is 13.2 Å². The second-order valence-electron chi connectivity index (χ2n) is 5.49. The fourth-order valence-electron chi connectivity index (χ4n) is 1.70. The van der Waals surface area contributed by atoms with Crippen molar-refractivity contribution >= 4 is 28.3 Å². The summed E-state index contributed by atoms with van der Waals surface area (Å²) in [6, 6.07) is 6.49. The van der Waals surface area contributed by atoms with E-state index in [1.165, 1.54) is 19.2 Å². The third kappa shape index (κ3) is 6.31. The van der Waals surface area contributed by atoms with Gasteiger partial charge in [-0.05, 0) is 45.0 Å². The largest absolute Gasteiger partial charge is 0.350 e. The van der Waals surface area contributed by atoms with Crippen LogP contribution in [0.2, 0.25) is 0 Å². The van der Waals surface area contributed by atoms with E-state index in [0.29, 0.717) is 19.4 Å². The molecule has 1 amide bonds. The zero-order valence-corrected chi connectivity index (χ0v) is 14.7. The van der Waals surface area contributed by atoms with Gasteiger partial charge in [0.2, 0.25) is 15.9 Å². The van der Waals surface area contributed by atoms with Gasteiger partial charge in [0.1, 0.15) is 0 Å². The second-order valence-corrected chi connectivity index (χ2v) is 7.37. The molecule has 0 fully saturated rings. The number of hydrogen-bond acceptors (Lipinski definition) is 4. The predicted octanol–water partition coefficient (Wildman–Crippen LogP) is 0.803. The Morgan fingerprint density at radius 1 is 1.23 bits per heavy atom. The fraction of sp³-hybridized carbons (Fsp3) is 0.500. The van der Waals surface area contributed by atoms with E-state index in [4.69, 9.17) is 5.73 Å². The summed E-state index contributed by atoms with van der Waals surface area (Å²) in [5, 5.41) is 2.85. The number of benzene rings is 1. The lowest BCUT2D eigenvalue weighted by Gasteiger charge is -2.24. The molecule has 4 N–H and O–H groups in total. The molecule has 0 aliphatic carbocycles. The number of rotatable bonds is 7. The molecule has 1 aromatic carbocycles. The van der Waals surface area contributed by atoms with Crippen molar-refractivity contribution in [2.45, 2.75) is 37.1 Å². The third-order valence-electron chi connectivity index (χ3n) is 3.13. The molecule has 1 aromatic rings. The minimum atomic E-state index is -3.42. The first-order valence-electron chi connectivity index (χ1n) is 6.74. The lowest BCUT2D eigenvalue weighted by atomic mass is 10.0. The van der Waals surface area contributed by atoms with Crippen LogP contribution in [0.15, 0.2) is 29.2 Å². The first-order valence-corrected chi connectivity index (χ1v) is 8.22. The van der Waals surface area contributed by atoms with Crippen LogP contribution < -0.4 is 15.8 Å². The van der Waals surface area contributed by atoms with Gasteiger partial charge in [-0.25, -0.2) is 13.1 Å². The maximum absolute atomic E-state index is 11.8. The van der Waals surface area contributed by atoms with E-state index in [-0.39, 0.29) is 23.2 Å². The summed E-state index contributed by atoms with van der Waals surface area (Å²) in [5.74, 6) is -0.0719. The molecule has 0 aliphatic rings. The smallest absolute Gasteiger partial charge is 0.240 e. The van der Waals surface area contributed by atoms with E-state index in [0.717, 1.165) is 5.56 Å². The Hall–Kier alpha value is -1.15. The standard InChI is InChI=1S/C14H23N3O3S.ClH/c1-14(2,10-15)17-13(18)9-6-11-4-7-12(8-5-11)21(19,20)16-3;/h4-5,7-8,16H,6,9-10,15H2,1-3H3,(H,17,18);1H. The van der Waals surface area contributed by atoms with E-state index < -0.39 is 15.6 Å². The SMILES string of the molecule is CNS(=O)(=O)c1ccc(CCC(=O)NC(C)(C)CN)cc1.Cl. The summed E-state index contributed by atoms with van der Waals surface area (Å²) in [6.07, 6.45) is 0.883. The molecule has 0 saturated heterocycles. The van der Waals surface area contributed by atoms with Crippen molar-refractivity contribution in [3.8, 4) is 0 Å². The maximum atomic E-state index is 11.8. The summed E-state index contributed by atoms with van der Waals surface area (Å²) in [7, 11) is -2.05. The molecule has 0 radical (unpaired) electrons. The summed E-state index contributed by atoms with van der Waals surface area (Å²) in [6.45, 7) is 4.10. The van der Waals surface area contributed by atoms with Gasteiger partial charge >= 0.3 is 0 Å². The van der Waals surface area contributed by atoms with Gasteiger partial charge in [-0.15, -0.1) is 12.4 Å². The van der Waals surface area contributed by atoms with Crippen molar-refractivity contribution in [2.75, 3.05) is 13.6 Å². The molecule has 1 rings (SSSR count). The Morgan fingerprint density at radius 3 is 2.23 bits per heavy atom. The van der Waals surface area contributed by atoms with Gasteiger partial charge in [-0.2, -0.15) is 0 Å². The normalized spacial score (nSPS) is 11.6. The molecular formula is C14H24ClN3O3S. The molecule has 22 heavy (non-hydrogen) atoms. The van der Waals surface area contributed by atoms with Crippen LogP contribution in [0.3, 0.4) is 0 Å². The number of sulfonamides is 1. The lowest BCUT2D eigenvalue weighted by molar-refractivity contribution is -0.122. The molecule has 0 heterocycles. The quantitative estimate of drug-likeness (QED) is 0.677. The highest BCUT2D eigenvalue weighted by atomic mass is 35.5. The Kier molecular flexibility index (Phi) is 8.03. The van der Waals surface area contributed by atoms with Crippen molar-refractivity contribution in [1.29, 1.82) is 0 Å². The Balaban J connectivity index is 0.00000441. The number of carbonyl (C=O) groups excluding carboxylic acids is 1. The van der Waals surface area contributed by atoms with Crippen LogP contribution in [0.4, 0.5) is 0 Å².